The number of nitrogens with zero attached hydrogens (tertiary/aromatic N) is 1. The summed E-state index contributed by atoms with van der Waals surface area (Å²) < 4.78 is 37.3. The highest BCUT2D eigenvalue weighted by molar-refractivity contribution is 5.43. The van der Waals surface area contributed by atoms with E-state index in [0.29, 0.717) is 18.2 Å². The third-order valence-corrected chi connectivity index (χ3v) is 3.61. The Hall–Kier alpha value is -2.04. The third-order valence-electron chi connectivity index (χ3n) is 3.61. The van der Waals surface area contributed by atoms with Crippen LogP contribution in [0.15, 0.2) is 42.6 Å². The Kier molecular flexibility index (Phi) is 3.57. The van der Waals surface area contributed by atoms with Gasteiger partial charge in [0.25, 0.3) is 0 Å². The van der Waals surface area contributed by atoms with Gasteiger partial charge in [0.1, 0.15) is 5.69 Å². The van der Waals surface area contributed by atoms with Crippen LogP contribution in [-0.2, 0) is 12.7 Å². The average Bonchev–Trinajstić information content (AvgIpc) is 3.29. The molecule has 3 rings (SSSR count). The van der Waals surface area contributed by atoms with E-state index in [4.69, 9.17) is 0 Å². The fraction of sp³-hybridized carbons (Fsp3) is 0.312. The topological polar surface area (TPSA) is 24.9 Å². The van der Waals surface area contributed by atoms with E-state index in [1.165, 1.54) is 36.2 Å². The molecule has 1 aliphatic carbocycles. The summed E-state index contributed by atoms with van der Waals surface area (Å²) in [5.74, 6) is 0.647. The average molecular weight is 292 g/mol. The second kappa shape index (κ2) is 5.39. The Balaban J connectivity index is 1.68. The summed E-state index contributed by atoms with van der Waals surface area (Å²) in [4.78, 5) is 3.44. The Morgan fingerprint density at radius 3 is 2.48 bits per heavy atom. The van der Waals surface area contributed by atoms with Gasteiger partial charge in [-0.15, -0.1) is 0 Å². The van der Waals surface area contributed by atoms with E-state index in [-0.39, 0.29) is 0 Å². The van der Waals surface area contributed by atoms with Crippen molar-refractivity contribution in [2.24, 2.45) is 0 Å². The lowest BCUT2D eigenvalue weighted by molar-refractivity contribution is -0.141. The zero-order valence-electron chi connectivity index (χ0n) is 11.3. The van der Waals surface area contributed by atoms with E-state index in [1.54, 1.807) is 0 Å². The molecule has 110 valence electrons. The van der Waals surface area contributed by atoms with Crippen LogP contribution in [0.25, 0.3) is 0 Å². The van der Waals surface area contributed by atoms with Crippen LogP contribution in [0.2, 0.25) is 0 Å². The molecule has 1 aromatic carbocycles. The van der Waals surface area contributed by atoms with Crippen molar-refractivity contribution >= 4 is 5.69 Å². The molecule has 1 aliphatic rings. The molecule has 1 N–H and O–H groups in total. The smallest absolute Gasteiger partial charge is 0.380 e. The van der Waals surface area contributed by atoms with Crippen molar-refractivity contribution in [1.82, 2.24) is 4.98 Å². The van der Waals surface area contributed by atoms with Gasteiger partial charge in [-0.3, -0.25) is 0 Å². The van der Waals surface area contributed by atoms with Crippen molar-refractivity contribution in [2.45, 2.75) is 31.5 Å². The molecule has 0 spiro atoms. The van der Waals surface area contributed by atoms with Crippen molar-refractivity contribution in [3.05, 3.63) is 59.4 Å². The number of rotatable bonds is 4. The van der Waals surface area contributed by atoms with Crippen LogP contribution in [0.1, 0.15) is 35.6 Å². The molecule has 1 fully saturated rings. The van der Waals surface area contributed by atoms with Crippen molar-refractivity contribution in [3.63, 3.8) is 0 Å². The molecule has 0 atom stereocenters. The molecule has 0 unspecified atom stereocenters. The standard InChI is InChI=1S/C16H15F3N2/c17-16(18,19)15-8-7-13(10-21-15)20-9-12-3-1-2-4-14(12)11-5-6-11/h1-4,7-8,10-11,20H,5-6,9H2. The first-order valence-corrected chi connectivity index (χ1v) is 6.89. The van der Waals surface area contributed by atoms with Crippen LogP contribution in [0.3, 0.4) is 0 Å². The van der Waals surface area contributed by atoms with E-state index in [9.17, 15) is 13.2 Å². The lowest BCUT2D eigenvalue weighted by Crippen LogP contribution is -2.08. The highest BCUT2D eigenvalue weighted by atomic mass is 19.4. The van der Waals surface area contributed by atoms with Gasteiger partial charge in [0.05, 0.1) is 11.9 Å². The lowest BCUT2D eigenvalue weighted by Gasteiger charge is -2.11. The van der Waals surface area contributed by atoms with E-state index < -0.39 is 11.9 Å². The summed E-state index contributed by atoms with van der Waals surface area (Å²) in [7, 11) is 0. The molecular formula is C16H15F3N2. The molecule has 5 heteroatoms. The summed E-state index contributed by atoms with van der Waals surface area (Å²) in [5.41, 5.74) is 2.25. The van der Waals surface area contributed by atoms with Gasteiger partial charge >= 0.3 is 6.18 Å². The SMILES string of the molecule is FC(F)(F)c1ccc(NCc2ccccc2C2CC2)cn1. The maximum Gasteiger partial charge on any atom is 0.433 e. The molecule has 1 aromatic heterocycles. The normalized spacial score (nSPS) is 15.0. The van der Waals surface area contributed by atoms with Gasteiger partial charge in [0, 0.05) is 6.54 Å². The molecule has 1 saturated carbocycles. The van der Waals surface area contributed by atoms with Crippen molar-refractivity contribution in [1.29, 1.82) is 0 Å². The zero-order valence-corrected chi connectivity index (χ0v) is 11.3. The second-order valence-electron chi connectivity index (χ2n) is 5.26. The minimum absolute atomic E-state index is 0.591. The molecule has 0 saturated heterocycles. The van der Waals surface area contributed by atoms with Gasteiger partial charge in [-0.05, 0) is 42.0 Å². The van der Waals surface area contributed by atoms with Crippen molar-refractivity contribution < 1.29 is 13.2 Å². The highest BCUT2D eigenvalue weighted by Gasteiger charge is 2.32. The van der Waals surface area contributed by atoms with Gasteiger partial charge in [0.2, 0.25) is 0 Å². The summed E-state index contributed by atoms with van der Waals surface area (Å²) in [6, 6.07) is 10.6. The third kappa shape index (κ3) is 3.35. The predicted molar refractivity (Wildman–Crippen MR) is 75.0 cm³/mol. The number of anilines is 1. The van der Waals surface area contributed by atoms with E-state index in [1.807, 2.05) is 12.1 Å². The maximum absolute atomic E-state index is 12.4. The quantitative estimate of drug-likeness (QED) is 0.891. The van der Waals surface area contributed by atoms with E-state index in [0.717, 1.165) is 6.07 Å². The van der Waals surface area contributed by atoms with Crippen LogP contribution in [0, 0.1) is 0 Å². The summed E-state index contributed by atoms with van der Waals surface area (Å²) >= 11 is 0. The Bertz CT molecular complexity index is 616. The number of pyridine rings is 1. The van der Waals surface area contributed by atoms with E-state index >= 15 is 0 Å². The molecular weight excluding hydrogens is 277 g/mol. The van der Waals surface area contributed by atoms with Gasteiger partial charge in [-0.25, -0.2) is 4.98 Å². The first kappa shape index (κ1) is 13.9. The van der Waals surface area contributed by atoms with Crippen LogP contribution in [0.4, 0.5) is 18.9 Å². The van der Waals surface area contributed by atoms with Gasteiger partial charge < -0.3 is 5.32 Å². The molecule has 0 radical (unpaired) electrons. The van der Waals surface area contributed by atoms with Gasteiger partial charge in [-0.2, -0.15) is 13.2 Å². The van der Waals surface area contributed by atoms with Gasteiger partial charge in [0.15, 0.2) is 0 Å². The summed E-state index contributed by atoms with van der Waals surface area (Å²) in [6.45, 7) is 0.597. The molecule has 2 aromatic rings. The summed E-state index contributed by atoms with van der Waals surface area (Å²) in [6.07, 6.45) is -0.725. The second-order valence-corrected chi connectivity index (χ2v) is 5.26. The van der Waals surface area contributed by atoms with E-state index in [2.05, 4.69) is 22.4 Å². The molecule has 2 nitrogen and oxygen atoms in total. The maximum atomic E-state index is 12.4. The molecule has 0 bridgehead atoms. The summed E-state index contributed by atoms with van der Waals surface area (Å²) in [5, 5.41) is 3.13. The fourth-order valence-corrected chi connectivity index (χ4v) is 2.35. The van der Waals surface area contributed by atoms with Crippen molar-refractivity contribution in [2.75, 3.05) is 5.32 Å². The van der Waals surface area contributed by atoms with Crippen LogP contribution >= 0.6 is 0 Å². The Labute approximate surface area is 121 Å². The van der Waals surface area contributed by atoms with Crippen LogP contribution in [0.5, 0.6) is 0 Å². The molecule has 0 aliphatic heterocycles. The van der Waals surface area contributed by atoms with Crippen LogP contribution < -0.4 is 5.32 Å². The number of hydrogen-bond donors (Lipinski definition) is 1. The number of aromatic nitrogens is 1. The van der Waals surface area contributed by atoms with Crippen LogP contribution in [-0.4, -0.2) is 4.98 Å². The first-order chi connectivity index (χ1) is 10.0. The fourth-order valence-electron chi connectivity index (χ4n) is 2.35. The molecule has 21 heavy (non-hydrogen) atoms. The van der Waals surface area contributed by atoms with Gasteiger partial charge in [-0.1, -0.05) is 24.3 Å². The number of benzene rings is 1. The monoisotopic (exact) mass is 292 g/mol. The number of halogens is 3. The number of hydrogen-bond acceptors (Lipinski definition) is 2. The van der Waals surface area contributed by atoms with Crippen molar-refractivity contribution in [3.8, 4) is 0 Å². The molecule has 1 heterocycles. The number of nitrogens with one attached hydrogen (secondary N) is 1. The largest absolute Gasteiger partial charge is 0.433 e. The minimum Gasteiger partial charge on any atom is -0.380 e. The first-order valence-electron chi connectivity index (χ1n) is 6.89. The Morgan fingerprint density at radius 1 is 1.10 bits per heavy atom. The zero-order chi connectivity index (χ0) is 14.9. The Morgan fingerprint density at radius 2 is 1.86 bits per heavy atom. The lowest BCUT2D eigenvalue weighted by atomic mass is 10.0. The predicted octanol–water partition coefficient (Wildman–Crippen LogP) is 4.59. The highest BCUT2D eigenvalue weighted by Crippen LogP contribution is 2.41. The minimum atomic E-state index is -4.39. The number of alkyl halides is 3. The molecule has 0 amide bonds.